The molecule has 0 heterocycles. The van der Waals surface area contributed by atoms with Gasteiger partial charge >= 0.3 is 0 Å². The molecule has 0 radical (unpaired) electrons. The van der Waals surface area contributed by atoms with Crippen molar-refractivity contribution in [1.82, 2.24) is 4.90 Å². The molecule has 0 aliphatic carbocycles. The number of nitrogens with zero attached hydrogens (tertiary/aromatic N) is 1. The Bertz CT molecular complexity index is 410. The first-order valence-electron chi connectivity index (χ1n) is 5.70. The molecule has 0 fully saturated rings. The number of carbonyl (C=O) groups is 1. The van der Waals surface area contributed by atoms with Crippen LogP contribution in [0.5, 0.6) is 0 Å². The Labute approximate surface area is 105 Å². The first-order valence-corrected chi connectivity index (χ1v) is 5.70. The van der Waals surface area contributed by atoms with Gasteiger partial charge in [-0.25, -0.2) is 8.78 Å². The normalized spacial score (nSPS) is 10.9. The number of likely N-dealkylation sites (N-methyl/N-ethyl adjacent to an activating group) is 1. The van der Waals surface area contributed by atoms with Gasteiger partial charge in [-0.3, -0.25) is 9.69 Å². The predicted octanol–water partition coefficient (Wildman–Crippen LogP) is 2.12. The van der Waals surface area contributed by atoms with Gasteiger partial charge in [0.25, 0.3) is 0 Å². The van der Waals surface area contributed by atoms with Crippen LogP contribution in [-0.4, -0.2) is 44.5 Å². The van der Waals surface area contributed by atoms with E-state index in [1.807, 2.05) is 0 Å². The molecular weight excluding hydrogens is 240 g/mol. The van der Waals surface area contributed by atoms with Gasteiger partial charge in [0.1, 0.15) is 11.6 Å². The average molecular weight is 257 g/mol. The van der Waals surface area contributed by atoms with Crippen molar-refractivity contribution < 1.29 is 18.3 Å². The Hall–Kier alpha value is -1.33. The monoisotopic (exact) mass is 257 g/mol. The van der Waals surface area contributed by atoms with Crippen LogP contribution in [0.3, 0.4) is 0 Å². The quantitative estimate of drug-likeness (QED) is 0.553. The van der Waals surface area contributed by atoms with Crippen LogP contribution in [0.2, 0.25) is 0 Å². The van der Waals surface area contributed by atoms with Gasteiger partial charge in [0.2, 0.25) is 0 Å². The summed E-state index contributed by atoms with van der Waals surface area (Å²) in [5.41, 5.74) is -0.200. The van der Waals surface area contributed by atoms with E-state index in [9.17, 15) is 13.6 Å². The van der Waals surface area contributed by atoms with Gasteiger partial charge in [0, 0.05) is 20.3 Å². The maximum Gasteiger partial charge on any atom is 0.179 e. The molecule has 0 saturated carbocycles. The van der Waals surface area contributed by atoms with Crippen molar-refractivity contribution in [1.29, 1.82) is 0 Å². The molecule has 1 rings (SSSR count). The van der Waals surface area contributed by atoms with Crippen LogP contribution < -0.4 is 0 Å². The van der Waals surface area contributed by atoms with Crippen molar-refractivity contribution in [2.24, 2.45) is 0 Å². The molecule has 5 heteroatoms. The average Bonchev–Trinajstić information content (AvgIpc) is 2.32. The molecule has 0 spiro atoms. The van der Waals surface area contributed by atoms with Crippen molar-refractivity contribution in [2.75, 3.05) is 33.9 Å². The molecule has 0 saturated heterocycles. The molecule has 1 aromatic carbocycles. The number of methoxy groups -OCH3 is 1. The third kappa shape index (κ3) is 4.50. The van der Waals surface area contributed by atoms with E-state index in [1.165, 1.54) is 0 Å². The van der Waals surface area contributed by atoms with E-state index in [0.717, 1.165) is 24.6 Å². The molecule has 0 unspecified atom stereocenters. The van der Waals surface area contributed by atoms with E-state index in [1.54, 1.807) is 19.1 Å². The van der Waals surface area contributed by atoms with Crippen molar-refractivity contribution in [3.05, 3.63) is 35.4 Å². The van der Waals surface area contributed by atoms with E-state index >= 15 is 0 Å². The Morgan fingerprint density at radius 1 is 1.39 bits per heavy atom. The highest BCUT2D eigenvalue weighted by molar-refractivity contribution is 5.97. The number of Topliss-reactive ketones (excluding diaryl/α,β-unsaturated/α-hetero) is 1. The highest BCUT2D eigenvalue weighted by atomic mass is 19.1. The summed E-state index contributed by atoms with van der Waals surface area (Å²) in [5.74, 6) is -1.72. The van der Waals surface area contributed by atoms with Gasteiger partial charge in [-0.2, -0.15) is 0 Å². The lowest BCUT2D eigenvalue weighted by Crippen LogP contribution is -2.28. The van der Waals surface area contributed by atoms with Crippen LogP contribution in [0.15, 0.2) is 18.2 Å². The van der Waals surface area contributed by atoms with Gasteiger partial charge < -0.3 is 4.74 Å². The first kappa shape index (κ1) is 14.7. The Balaban J connectivity index is 2.56. The molecule has 1 aromatic rings. The lowest BCUT2D eigenvalue weighted by molar-refractivity contribution is 0.0934. The molecular formula is C13H17F2NO2. The maximum absolute atomic E-state index is 13.4. The predicted molar refractivity (Wildman–Crippen MR) is 64.7 cm³/mol. The second-order valence-corrected chi connectivity index (χ2v) is 4.13. The number of hydrogen-bond donors (Lipinski definition) is 0. The zero-order valence-corrected chi connectivity index (χ0v) is 10.6. The number of halogens is 2. The van der Waals surface area contributed by atoms with Crippen molar-refractivity contribution in [3.8, 4) is 0 Å². The third-order valence-electron chi connectivity index (χ3n) is 2.53. The zero-order chi connectivity index (χ0) is 13.5. The fraction of sp³-hybridized carbons (Fsp3) is 0.462. The number of rotatable bonds is 7. The molecule has 0 aliphatic heterocycles. The molecule has 0 aliphatic rings. The minimum atomic E-state index is -0.688. The summed E-state index contributed by atoms with van der Waals surface area (Å²) in [6, 6.07) is 2.89. The molecule has 0 amide bonds. The molecule has 0 bridgehead atoms. The van der Waals surface area contributed by atoms with Crippen LogP contribution in [0.1, 0.15) is 16.8 Å². The second-order valence-electron chi connectivity index (χ2n) is 4.13. The lowest BCUT2D eigenvalue weighted by Gasteiger charge is -2.15. The minimum Gasteiger partial charge on any atom is -0.385 e. The second kappa shape index (κ2) is 7.18. The Morgan fingerprint density at radius 2 is 2.11 bits per heavy atom. The van der Waals surface area contributed by atoms with Gasteiger partial charge in [0.15, 0.2) is 5.78 Å². The van der Waals surface area contributed by atoms with E-state index < -0.39 is 17.4 Å². The summed E-state index contributed by atoms with van der Waals surface area (Å²) in [6.45, 7) is 1.33. The number of ketones is 1. The van der Waals surface area contributed by atoms with Crippen molar-refractivity contribution in [3.63, 3.8) is 0 Å². The van der Waals surface area contributed by atoms with E-state index in [-0.39, 0.29) is 12.1 Å². The van der Waals surface area contributed by atoms with Gasteiger partial charge in [-0.15, -0.1) is 0 Å². The molecule has 3 nitrogen and oxygen atoms in total. The van der Waals surface area contributed by atoms with Crippen LogP contribution in [-0.2, 0) is 4.74 Å². The maximum atomic E-state index is 13.4. The van der Waals surface area contributed by atoms with E-state index in [2.05, 4.69) is 0 Å². The highest BCUT2D eigenvalue weighted by Crippen LogP contribution is 2.10. The van der Waals surface area contributed by atoms with E-state index in [0.29, 0.717) is 13.2 Å². The van der Waals surface area contributed by atoms with Crippen LogP contribution >= 0.6 is 0 Å². The number of ether oxygens (including phenoxy) is 1. The van der Waals surface area contributed by atoms with E-state index in [4.69, 9.17) is 4.74 Å². The molecule has 0 N–H and O–H groups in total. The summed E-state index contributed by atoms with van der Waals surface area (Å²) in [5, 5.41) is 0. The molecule has 0 atom stereocenters. The van der Waals surface area contributed by atoms with Crippen molar-refractivity contribution in [2.45, 2.75) is 6.42 Å². The number of hydrogen-bond acceptors (Lipinski definition) is 3. The SMILES string of the molecule is COCCCN(C)CC(=O)c1cc(F)ccc1F. The lowest BCUT2D eigenvalue weighted by atomic mass is 10.1. The minimum absolute atomic E-state index is 0.0596. The standard InChI is InChI=1S/C13H17F2NO2/c1-16(6-3-7-18-2)9-13(17)11-8-10(14)4-5-12(11)15/h4-5,8H,3,6-7,9H2,1-2H3. The number of benzene rings is 1. The van der Waals surface area contributed by atoms with Crippen LogP contribution in [0.4, 0.5) is 8.78 Å². The summed E-state index contributed by atoms with van der Waals surface area (Å²) in [4.78, 5) is 13.5. The third-order valence-corrected chi connectivity index (χ3v) is 2.53. The van der Waals surface area contributed by atoms with Crippen LogP contribution in [0, 0.1) is 11.6 Å². The largest absolute Gasteiger partial charge is 0.385 e. The summed E-state index contributed by atoms with van der Waals surface area (Å²) >= 11 is 0. The zero-order valence-electron chi connectivity index (χ0n) is 10.6. The highest BCUT2D eigenvalue weighted by Gasteiger charge is 2.14. The fourth-order valence-corrected chi connectivity index (χ4v) is 1.60. The van der Waals surface area contributed by atoms with Crippen molar-refractivity contribution >= 4 is 5.78 Å². The molecule has 18 heavy (non-hydrogen) atoms. The Kier molecular flexibility index (Phi) is 5.88. The summed E-state index contributed by atoms with van der Waals surface area (Å²) < 4.78 is 31.2. The van der Waals surface area contributed by atoms with Gasteiger partial charge in [0.05, 0.1) is 12.1 Å². The van der Waals surface area contributed by atoms with Gasteiger partial charge in [-0.1, -0.05) is 0 Å². The Morgan fingerprint density at radius 3 is 2.78 bits per heavy atom. The summed E-state index contributed by atoms with van der Waals surface area (Å²) in [7, 11) is 3.36. The smallest absolute Gasteiger partial charge is 0.179 e. The van der Waals surface area contributed by atoms with Gasteiger partial charge in [-0.05, 0) is 31.7 Å². The van der Waals surface area contributed by atoms with Crippen LogP contribution in [0.25, 0.3) is 0 Å². The summed E-state index contributed by atoms with van der Waals surface area (Å²) in [6.07, 6.45) is 0.784. The molecule has 100 valence electrons. The fourth-order valence-electron chi connectivity index (χ4n) is 1.60. The number of carbonyl (C=O) groups excluding carboxylic acids is 1. The first-order chi connectivity index (χ1) is 8.54. The topological polar surface area (TPSA) is 29.5 Å². The molecule has 0 aromatic heterocycles.